The van der Waals surface area contributed by atoms with Crippen LogP contribution in [0.5, 0.6) is 0 Å². The highest BCUT2D eigenvalue weighted by Crippen LogP contribution is 2.63. The van der Waals surface area contributed by atoms with Crippen molar-refractivity contribution in [2.45, 2.75) is 132 Å². The highest BCUT2D eigenvalue weighted by Gasteiger charge is 2.84. The lowest BCUT2D eigenvalue weighted by Gasteiger charge is -2.76. The van der Waals surface area contributed by atoms with Gasteiger partial charge in [-0.15, -0.1) is 0 Å². The standard InChI is InChI=1S/C12H25NO4.C11H21NO4.2H2O/c1-8(2)10(4,13)12(6,16)11(5,15)9(3,7-14)17-8;1-7(2)8(3,12)10(5)9(4,14)11(6-13,15-7)16-10;;/h14-16H,7,13H2,1-6H3;13-14H,6,12H2,1-5H3;2*1H2. The molecule has 0 amide bonds. The first-order valence-corrected chi connectivity index (χ1v) is 11.3. The number of nitrogens with two attached hydrogens (primary N) is 2. The molecule has 4 rings (SSSR count). The summed E-state index contributed by atoms with van der Waals surface area (Å²) in [7, 11) is 0. The van der Waals surface area contributed by atoms with Crippen LogP contribution in [0.2, 0.25) is 0 Å². The second-order valence-electron chi connectivity index (χ2n) is 12.3. The summed E-state index contributed by atoms with van der Waals surface area (Å²) in [6.45, 7) is 17.6. The Morgan fingerprint density at radius 3 is 1.29 bits per heavy atom. The molecule has 0 aliphatic carbocycles. The minimum atomic E-state index is -1.67. The van der Waals surface area contributed by atoms with Crippen LogP contribution in [0.3, 0.4) is 0 Å². The van der Waals surface area contributed by atoms with E-state index in [4.69, 9.17) is 25.7 Å². The Bertz CT molecular complexity index is 795. The van der Waals surface area contributed by atoms with Crippen molar-refractivity contribution in [1.29, 1.82) is 0 Å². The van der Waals surface area contributed by atoms with Gasteiger partial charge in [0.1, 0.15) is 34.6 Å². The molecule has 12 nitrogen and oxygen atoms in total. The van der Waals surface area contributed by atoms with E-state index in [0.717, 1.165) is 0 Å². The fraction of sp³-hybridized carbons (Fsp3) is 1.00. The van der Waals surface area contributed by atoms with Gasteiger partial charge in [0.2, 0.25) is 5.79 Å². The van der Waals surface area contributed by atoms with Gasteiger partial charge in [0.15, 0.2) is 0 Å². The van der Waals surface area contributed by atoms with Gasteiger partial charge >= 0.3 is 0 Å². The third-order valence-corrected chi connectivity index (χ3v) is 9.93. The van der Waals surface area contributed by atoms with Crippen LogP contribution in [0.4, 0.5) is 0 Å². The lowest BCUT2D eigenvalue weighted by atomic mass is 9.55. The number of aliphatic hydroxyl groups is 5. The Morgan fingerprint density at radius 2 is 0.943 bits per heavy atom. The average molecular weight is 515 g/mol. The van der Waals surface area contributed by atoms with E-state index < -0.39 is 69.3 Å². The van der Waals surface area contributed by atoms with Crippen LogP contribution in [-0.2, 0) is 14.2 Å². The van der Waals surface area contributed by atoms with Crippen molar-refractivity contribution in [1.82, 2.24) is 0 Å². The van der Waals surface area contributed by atoms with Crippen molar-refractivity contribution >= 4 is 0 Å². The molecule has 0 saturated carbocycles. The van der Waals surface area contributed by atoms with Crippen LogP contribution < -0.4 is 11.5 Å². The molecular formula is C23H50N2O10. The van der Waals surface area contributed by atoms with E-state index in [1.807, 2.05) is 13.8 Å². The van der Waals surface area contributed by atoms with E-state index in [1.165, 1.54) is 13.8 Å². The summed E-state index contributed by atoms with van der Waals surface area (Å²) in [6.07, 6.45) is 0. The summed E-state index contributed by atoms with van der Waals surface area (Å²) in [4.78, 5) is 0. The molecule has 212 valence electrons. The molecular weight excluding hydrogens is 464 g/mol. The first-order valence-electron chi connectivity index (χ1n) is 11.3. The van der Waals surface area contributed by atoms with Crippen molar-refractivity contribution in [2.75, 3.05) is 13.2 Å². The molecule has 8 atom stereocenters. The molecule has 0 aromatic carbocycles. The summed E-state index contributed by atoms with van der Waals surface area (Å²) in [6, 6.07) is 0. The number of hydrogen-bond donors (Lipinski definition) is 7. The minimum absolute atomic E-state index is 0. The van der Waals surface area contributed by atoms with E-state index >= 15 is 0 Å². The van der Waals surface area contributed by atoms with Crippen LogP contribution >= 0.6 is 0 Å². The maximum absolute atomic E-state index is 10.7. The quantitative estimate of drug-likeness (QED) is 0.211. The second-order valence-corrected chi connectivity index (χ2v) is 12.3. The predicted octanol–water partition coefficient (Wildman–Crippen LogP) is -2.14. The topological polar surface area (TPSA) is 244 Å². The average Bonchev–Trinajstić information content (AvgIpc) is 2.64. The monoisotopic (exact) mass is 514 g/mol. The molecule has 2 bridgehead atoms. The van der Waals surface area contributed by atoms with E-state index in [-0.39, 0.29) is 11.0 Å². The third-order valence-electron chi connectivity index (χ3n) is 9.93. The van der Waals surface area contributed by atoms with Gasteiger partial charge in [0.25, 0.3) is 0 Å². The molecule has 4 saturated heterocycles. The SMILES string of the molecule is CC1(C)OC(C)(CO)C(C)(O)C(C)(O)C1(C)N.CC1(C)OC2(CO)OC(C)(C1(C)N)C2(C)O.O.O. The molecule has 0 aromatic rings. The fourth-order valence-electron chi connectivity index (χ4n) is 5.45. The van der Waals surface area contributed by atoms with Gasteiger partial charge in [0.05, 0.1) is 28.9 Å². The van der Waals surface area contributed by atoms with Gasteiger partial charge in [-0.2, -0.15) is 0 Å². The minimum Gasteiger partial charge on any atom is -0.412 e. The van der Waals surface area contributed by atoms with Gasteiger partial charge in [0, 0.05) is 0 Å². The van der Waals surface area contributed by atoms with Crippen LogP contribution in [0, 0.1) is 0 Å². The summed E-state index contributed by atoms with van der Waals surface area (Å²) >= 11 is 0. The Labute approximate surface area is 208 Å². The van der Waals surface area contributed by atoms with Crippen molar-refractivity contribution < 1.29 is 50.7 Å². The smallest absolute Gasteiger partial charge is 0.225 e. The lowest BCUT2D eigenvalue weighted by Crippen LogP contribution is -2.97. The van der Waals surface area contributed by atoms with E-state index in [0.29, 0.717) is 0 Å². The van der Waals surface area contributed by atoms with Crippen molar-refractivity contribution in [3.05, 3.63) is 0 Å². The maximum atomic E-state index is 10.7. The Hall–Kier alpha value is -0.480. The number of ether oxygens (including phenoxy) is 3. The van der Waals surface area contributed by atoms with Gasteiger partial charge in [-0.25, -0.2) is 0 Å². The molecule has 4 aliphatic rings. The summed E-state index contributed by atoms with van der Waals surface area (Å²) in [5.41, 5.74) is 2.01. The van der Waals surface area contributed by atoms with Gasteiger partial charge < -0.3 is 62.2 Å². The molecule has 4 heterocycles. The van der Waals surface area contributed by atoms with Crippen LogP contribution in [0.15, 0.2) is 0 Å². The normalized spacial score (nSPS) is 53.7. The Balaban J connectivity index is 0.000000625. The molecule has 0 aromatic heterocycles. The largest absolute Gasteiger partial charge is 0.412 e. The zero-order valence-electron chi connectivity index (χ0n) is 23.0. The third kappa shape index (κ3) is 3.65. The summed E-state index contributed by atoms with van der Waals surface area (Å²) in [5.74, 6) is -1.36. The summed E-state index contributed by atoms with van der Waals surface area (Å²) in [5, 5.41) is 50.6. The van der Waals surface area contributed by atoms with Crippen molar-refractivity contribution in [3.8, 4) is 0 Å². The molecule has 0 spiro atoms. The number of rotatable bonds is 2. The fourth-order valence-corrected chi connectivity index (χ4v) is 5.45. The zero-order valence-corrected chi connectivity index (χ0v) is 23.0. The first-order chi connectivity index (χ1) is 14.2. The summed E-state index contributed by atoms with van der Waals surface area (Å²) < 4.78 is 17.1. The number of hydrogen-bond acceptors (Lipinski definition) is 10. The van der Waals surface area contributed by atoms with Crippen LogP contribution in [0.25, 0.3) is 0 Å². The Morgan fingerprint density at radius 1 is 0.543 bits per heavy atom. The van der Waals surface area contributed by atoms with E-state index in [2.05, 4.69) is 0 Å². The molecule has 0 radical (unpaired) electrons. The van der Waals surface area contributed by atoms with Gasteiger partial charge in [-0.05, 0) is 76.2 Å². The highest BCUT2D eigenvalue weighted by molar-refractivity contribution is 5.31. The van der Waals surface area contributed by atoms with Crippen LogP contribution in [0.1, 0.15) is 76.2 Å². The van der Waals surface area contributed by atoms with Gasteiger partial charge in [-0.1, -0.05) is 0 Å². The number of aliphatic hydroxyl groups excluding tert-OH is 2. The predicted molar refractivity (Wildman–Crippen MR) is 129 cm³/mol. The second kappa shape index (κ2) is 8.52. The van der Waals surface area contributed by atoms with E-state index in [1.54, 1.807) is 48.5 Å². The molecule has 8 unspecified atom stereocenters. The van der Waals surface area contributed by atoms with Crippen LogP contribution in [-0.4, -0.2) is 106 Å². The highest BCUT2D eigenvalue weighted by atomic mass is 16.8. The number of fused-ring (bicyclic) bond motifs is 2. The Kier molecular flexibility index (Phi) is 8.40. The lowest BCUT2D eigenvalue weighted by molar-refractivity contribution is -0.554. The molecule has 4 fully saturated rings. The van der Waals surface area contributed by atoms with Crippen molar-refractivity contribution in [3.63, 3.8) is 0 Å². The molecule has 4 aliphatic heterocycles. The zero-order chi connectivity index (χ0) is 26.5. The molecule has 13 N–H and O–H groups in total. The van der Waals surface area contributed by atoms with Crippen molar-refractivity contribution in [2.24, 2.45) is 11.5 Å². The van der Waals surface area contributed by atoms with E-state index in [9.17, 15) is 25.5 Å². The van der Waals surface area contributed by atoms with Gasteiger partial charge in [-0.3, -0.25) is 0 Å². The molecule has 12 heteroatoms. The maximum Gasteiger partial charge on any atom is 0.225 e. The molecule has 35 heavy (non-hydrogen) atoms. The first kappa shape index (κ1) is 34.5.